The zero-order valence-corrected chi connectivity index (χ0v) is 7.03. The predicted octanol–water partition coefficient (Wildman–Crippen LogP) is 1.40. The lowest BCUT2D eigenvalue weighted by Gasteiger charge is -1.98. The Bertz CT molecular complexity index is 256. The Morgan fingerprint density at radius 2 is 2.08 bits per heavy atom. The molecule has 0 radical (unpaired) electrons. The average Bonchev–Trinajstić information content (AvgIpc) is 2.16. The molecule has 0 aliphatic carbocycles. The van der Waals surface area contributed by atoms with Crippen LogP contribution in [0.25, 0.3) is 0 Å². The number of para-hydroxylation sites is 1. The smallest absolute Gasteiger partial charge is 0.157 e. The van der Waals surface area contributed by atoms with Crippen LogP contribution in [0.3, 0.4) is 0 Å². The van der Waals surface area contributed by atoms with Gasteiger partial charge in [-0.05, 0) is 19.1 Å². The number of hydrogen-bond donors (Lipinski definition) is 1. The average molecular weight is 164 g/mol. The van der Waals surface area contributed by atoms with E-state index in [0.29, 0.717) is 6.54 Å². The molecule has 1 rings (SSSR count). The minimum absolute atomic E-state index is 0.423. The summed E-state index contributed by atoms with van der Waals surface area (Å²) in [4.78, 5) is 5.07. The molecule has 12 heavy (non-hydrogen) atoms. The summed E-state index contributed by atoms with van der Waals surface area (Å²) in [7, 11) is 0. The van der Waals surface area contributed by atoms with E-state index in [1.807, 2.05) is 37.3 Å². The van der Waals surface area contributed by atoms with E-state index in [-0.39, 0.29) is 0 Å². The van der Waals surface area contributed by atoms with Gasteiger partial charge in [-0.3, -0.25) is 0 Å². The van der Waals surface area contributed by atoms with Crippen LogP contribution in [0.15, 0.2) is 35.5 Å². The minimum atomic E-state index is 0.423. The van der Waals surface area contributed by atoms with Crippen LogP contribution < -0.4 is 10.6 Å². The van der Waals surface area contributed by atoms with Crippen molar-refractivity contribution in [2.45, 2.75) is 6.92 Å². The normalized spacial score (nSPS) is 11.3. The Hall–Kier alpha value is -1.35. The molecule has 3 heteroatoms. The second-order valence-electron chi connectivity index (χ2n) is 2.44. The molecular weight excluding hydrogens is 152 g/mol. The summed E-state index contributed by atoms with van der Waals surface area (Å²) in [5.74, 6) is 0.727. The van der Waals surface area contributed by atoms with Gasteiger partial charge in [-0.15, -0.1) is 0 Å². The summed E-state index contributed by atoms with van der Waals surface area (Å²) >= 11 is 0. The first kappa shape index (κ1) is 8.74. The minimum Gasteiger partial charge on any atom is -0.357 e. The molecule has 2 N–H and O–H groups in total. The number of hydrogen-bond acceptors (Lipinski definition) is 3. The van der Waals surface area contributed by atoms with Gasteiger partial charge in [-0.25, -0.2) is 0 Å². The van der Waals surface area contributed by atoms with Gasteiger partial charge in [-0.2, -0.15) is 0 Å². The zero-order valence-electron chi connectivity index (χ0n) is 7.03. The zero-order chi connectivity index (χ0) is 8.81. The predicted molar refractivity (Wildman–Crippen MR) is 49.2 cm³/mol. The van der Waals surface area contributed by atoms with Crippen molar-refractivity contribution in [1.82, 2.24) is 0 Å². The first-order chi connectivity index (χ1) is 5.83. The van der Waals surface area contributed by atoms with Crippen molar-refractivity contribution in [1.29, 1.82) is 0 Å². The van der Waals surface area contributed by atoms with Gasteiger partial charge in [0.2, 0.25) is 0 Å². The molecule has 0 saturated heterocycles. The summed E-state index contributed by atoms with van der Waals surface area (Å²) in [5, 5.41) is 3.80. The molecule has 0 fully saturated rings. The van der Waals surface area contributed by atoms with E-state index in [1.165, 1.54) is 0 Å². The van der Waals surface area contributed by atoms with Gasteiger partial charge in [0.1, 0.15) is 0 Å². The summed E-state index contributed by atoms with van der Waals surface area (Å²) in [6, 6.07) is 9.39. The van der Waals surface area contributed by atoms with Crippen molar-refractivity contribution in [2.24, 2.45) is 10.9 Å². The van der Waals surface area contributed by atoms with Crippen molar-refractivity contribution in [3.8, 4) is 5.75 Å². The molecule has 0 atom stereocenters. The van der Waals surface area contributed by atoms with Gasteiger partial charge in [-0.1, -0.05) is 23.4 Å². The molecule has 0 aliphatic rings. The maximum absolute atomic E-state index is 5.33. The SMILES string of the molecule is CC(CN)=NOc1ccccc1. The Labute approximate surface area is 71.8 Å². The monoisotopic (exact) mass is 164 g/mol. The third-order valence-corrected chi connectivity index (χ3v) is 1.35. The fourth-order valence-electron chi connectivity index (χ4n) is 0.649. The Kier molecular flexibility index (Phi) is 3.29. The van der Waals surface area contributed by atoms with E-state index in [2.05, 4.69) is 5.16 Å². The molecule has 0 spiro atoms. The lowest BCUT2D eigenvalue weighted by Crippen LogP contribution is -2.10. The summed E-state index contributed by atoms with van der Waals surface area (Å²) in [5.41, 5.74) is 6.10. The second-order valence-corrected chi connectivity index (χ2v) is 2.44. The van der Waals surface area contributed by atoms with E-state index in [1.54, 1.807) is 0 Å². The molecule has 0 aliphatic heterocycles. The number of benzene rings is 1. The van der Waals surface area contributed by atoms with Crippen molar-refractivity contribution in [3.05, 3.63) is 30.3 Å². The highest BCUT2D eigenvalue weighted by Crippen LogP contribution is 2.08. The molecule has 64 valence electrons. The number of oxime groups is 1. The van der Waals surface area contributed by atoms with Crippen LogP contribution in [0.4, 0.5) is 0 Å². The maximum Gasteiger partial charge on any atom is 0.157 e. The van der Waals surface area contributed by atoms with Crippen LogP contribution in [0, 0.1) is 0 Å². The largest absolute Gasteiger partial charge is 0.357 e. The van der Waals surface area contributed by atoms with Gasteiger partial charge >= 0.3 is 0 Å². The Morgan fingerprint density at radius 1 is 1.42 bits per heavy atom. The molecule has 1 aromatic carbocycles. The van der Waals surface area contributed by atoms with Crippen LogP contribution in [0.1, 0.15) is 6.92 Å². The third-order valence-electron chi connectivity index (χ3n) is 1.35. The van der Waals surface area contributed by atoms with Gasteiger partial charge in [0.15, 0.2) is 5.75 Å². The van der Waals surface area contributed by atoms with Crippen LogP contribution in [-0.4, -0.2) is 12.3 Å². The van der Waals surface area contributed by atoms with Crippen LogP contribution >= 0.6 is 0 Å². The Morgan fingerprint density at radius 3 is 2.67 bits per heavy atom. The van der Waals surface area contributed by atoms with Gasteiger partial charge in [0.25, 0.3) is 0 Å². The topological polar surface area (TPSA) is 47.6 Å². The molecule has 0 saturated carbocycles. The summed E-state index contributed by atoms with van der Waals surface area (Å²) in [6.45, 7) is 2.25. The fraction of sp³-hybridized carbons (Fsp3) is 0.222. The second kappa shape index (κ2) is 4.51. The van der Waals surface area contributed by atoms with Gasteiger partial charge < -0.3 is 10.6 Å². The molecule has 0 unspecified atom stereocenters. The molecule has 1 aromatic rings. The van der Waals surface area contributed by atoms with Crippen molar-refractivity contribution in [3.63, 3.8) is 0 Å². The van der Waals surface area contributed by atoms with Crippen molar-refractivity contribution >= 4 is 5.71 Å². The summed E-state index contributed by atoms with van der Waals surface area (Å²) < 4.78 is 0. The quantitative estimate of drug-likeness (QED) is 0.542. The van der Waals surface area contributed by atoms with Crippen LogP contribution in [-0.2, 0) is 0 Å². The van der Waals surface area contributed by atoms with E-state index < -0.39 is 0 Å². The van der Waals surface area contributed by atoms with E-state index in [4.69, 9.17) is 10.6 Å². The van der Waals surface area contributed by atoms with Crippen LogP contribution in [0.5, 0.6) is 5.75 Å². The highest BCUT2D eigenvalue weighted by molar-refractivity contribution is 5.83. The molecule has 3 nitrogen and oxygen atoms in total. The number of rotatable bonds is 3. The lowest BCUT2D eigenvalue weighted by atomic mass is 10.3. The van der Waals surface area contributed by atoms with Crippen molar-refractivity contribution in [2.75, 3.05) is 6.54 Å². The van der Waals surface area contributed by atoms with Gasteiger partial charge in [0.05, 0.1) is 5.71 Å². The van der Waals surface area contributed by atoms with E-state index in [0.717, 1.165) is 11.5 Å². The first-order valence-corrected chi connectivity index (χ1v) is 3.78. The van der Waals surface area contributed by atoms with Crippen LogP contribution in [0.2, 0.25) is 0 Å². The van der Waals surface area contributed by atoms with E-state index >= 15 is 0 Å². The number of nitrogens with two attached hydrogens (primary N) is 1. The molecular formula is C9H12N2O. The van der Waals surface area contributed by atoms with Gasteiger partial charge in [0, 0.05) is 6.54 Å². The van der Waals surface area contributed by atoms with Crippen molar-refractivity contribution < 1.29 is 4.84 Å². The third kappa shape index (κ3) is 2.72. The highest BCUT2D eigenvalue weighted by Gasteiger charge is 1.89. The molecule has 0 aromatic heterocycles. The molecule has 0 amide bonds. The Balaban J connectivity index is 2.54. The van der Waals surface area contributed by atoms with E-state index in [9.17, 15) is 0 Å². The fourth-order valence-corrected chi connectivity index (χ4v) is 0.649. The standard InChI is InChI=1S/C9H12N2O/c1-8(7-10)11-12-9-5-3-2-4-6-9/h2-6H,7,10H2,1H3. The highest BCUT2D eigenvalue weighted by atomic mass is 16.6. The number of nitrogens with zero attached hydrogens (tertiary/aromatic N) is 1. The molecule has 0 bridgehead atoms. The summed E-state index contributed by atoms with van der Waals surface area (Å²) in [6.07, 6.45) is 0. The maximum atomic E-state index is 5.33. The molecule has 0 heterocycles. The first-order valence-electron chi connectivity index (χ1n) is 3.78. The lowest BCUT2D eigenvalue weighted by molar-refractivity contribution is 0.340.